The lowest BCUT2D eigenvalue weighted by Crippen LogP contribution is -2.30. The lowest BCUT2D eigenvalue weighted by Gasteiger charge is -2.28. The largest absolute Gasteiger partial charge is 0.396 e. The monoisotopic (exact) mass is 294 g/mol. The smallest absolute Gasteiger partial charge is 0.225 e. The molecule has 5 nitrogen and oxygen atoms in total. The number of aliphatic hydroxyl groups is 1. The molecule has 1 aliphatic heterocycles. The minimum Gasteiger partial charge on any atom is -0.396 e. The number of nitrogens with zero attached hydrogens (tertiary/aromatic N) is 3. The number of hydrogen-bond acceptors (Lipinski definition) is 5. The Balaban J connectivity index is 1.69. The normalized spacial score (nSPS) is 26.1. The van der Waals surface area contributed by atoms with Crippen LogP contribution in [-0.4, -0.2) is 40.8 Å². The van der Waals surface area contributed by atoms with Gasteiger partial charge in [-0.15, -0.1) is 0 Å². The fraction of sp³-hybridized carbons (Fsp3) is 0.733. The van der Waals surface area contributed by atoms with Crippen molar-refractivity contribution in [2.24, 2.45) is 5.92 Å². The first-order valence-electron chi connectivity index (χ1n) is 7.91. The molecule has 1 saturated carbocycles. The highest BCUT2D eigenvalue weighted by Crippen LogP contribution is 2.27. The molecule has 0 spiro atoms. The van der Waals surface area contributed by atoms with E-state index in [0.29, 0.717) is 17.7 Å². The molecule has 2 heterocycles. The molecule has 6 heteroatoms. The van der Waals surface area contributed by atoms with Crippen LogP contribution in [0.4, 0.5) is 16.2 Å². The molecule has 3 rings (SSSR count). The van der Waals surface area contributed by atoms with E-state index in [9.17, 15) is 9.50 Å². The number of aliphatic hydroxyl groups excluding tert-OH is 1. The molecule has 2 fully saturated rings. The van der Waals surface area contributed by atoms with Crippen LogP contribution in [-0.2, 0) is 0 Å². The fourth-order valence-electron chi connectivity index (χ4n) is 3.35. The second-order valence-corrected chi connectivity index (χ2v) is 6.12. The quantitative estimate of drug-likeness (QED) is 0.891. The molecule has 0 aromatic carbocycles. The van der Waals surface area contributed by atoms with Crippen LogP contribution >= 0.6 is 0 Å². The van der Waals surface area contributed by atoms with Crippen LogP contribution in [0.25, 0.3) is 0 Å². The molecular weight excluding hydrogens is 271 g/mol. The van der Waals surface area contributed by atoms with E-state index in [4.69, 9.17) is 0 Å². The van der Waals surface area contributed by atoms with E-state index in [-0.39, 0.29) is 18.5 Å². The number of aromatic nitrogens is 2. The van der Waals surface area contributed by atoms with E-state index >= 15 is 0 Å². The lowest BCUT2D eigenvalue weighted by molar-refractivity contribution is 0.184. The number of rotatable bonds is 4. The molecule has 21 heavy (non-hydrogen) atoms. The summed E-state index contributed by atoms with van der Waals surface area (Å²) in [6, 6.07) is 0.271. The molecule has 1 aromatic rings. The topological polar surface area (TPSA) is 61.3 Å². The molecule has 2 aliphatic rings. The highest BCUT2D eigenvalue weighted by atomic mass is 19.1. The minimum absolute atomic E-state index is 0.238. The first-order valence-corrected chi connectivity index (χ1v) is 7.91. The van der Waals surface area contributed by atoms with E-state index in [0.717, 1.165) is 51.6 Å². The molecule has 0 amide bonds. The Kier molecular flexibility index (Phi) is 4.53. The minimum atomic E-state index is -0.348. The van der Waals surface area contributed by atoms with Crippen molar-refractivity contribution in [3.05, 3.63) is 12.0 Å². The summed E-state index contributed by atoms with van der Waals surface area (Å²) < 4.78 is 13.9. The zero-order valence-corrected chi connectivity index (χ0v) is 12.3. The van der Waals surface area contributed by atoms with Gasteiger partial charge in [0.25, 0.3) is 0 Å². The zero-order chi connectivity index (χ0) is 14.7. The zero-order valence-electron chi connectivity index (χ0n) is 12.3. The van der Waals surface area contributed by atoms with Gasteiger partial charge in [-0.2, -0.15) is 4.98 Å². The summed E-state index contributed by atoms with van der Waals surface area (Å²) in [5.74, 6) is 0.926. The Morgan fingerprint density at radius 2 is 2.10 bits per heavy atom. The van der Waals surface area contributed by atoms with E-state index in [2.05, 4.69) is 15.3 Å². The van der Waals surface area contributed by atoms with Crippen molar-refractivity contribution in [3.63, 3.8) is 0 Å². The first kappa shape index (κ1) is 14.5. The fourth-order valence-corrected chi connectivity index (χ4v) is 3.35. The third-order valence-electron chi connectivity index (χ3n) is 4.51. The van der Waals surface area contributed by atoms with Gasteiger partial charge >= 0.3 is 0 Å². The summed E-state index contributed by atoms with van der Waals surface area (Å²) in [5, 5.41) is 12.6. The van der Waals surface area contributed by atoms with Crippen LogP contribution in [0.1, 0.15) is 38.5 Å². The second-order valence-electron chi connectivity index (χ2n) is 6.12. The van der Waals surface area contributed by atoms with Crippen LogP contribution in [0, 0.1) is 11.7 Å². The summed E-state index contributed by atoms with van der Waals surface area (Å²) >= 11 is 0. The number of halogens is 1. The standard InChI is InChI=1S/C15H23FN4O/c16-13-9-17-15(19-14(13)20-6-1-2-7-20)18-12-5-3-4-11(8-12)10-21/h9,11-12,21H,1-8,10H2,(H,17,18,19)/t11-,12+/m1/s1. The molecule has 0 radical (unpaired) electrons. The summed E-state index contributed by atoms with van der Waals surface area (Å²) in [6.45, 7) is 1.97. The maximum absolute atomic E-state index is 13.9. The Bertz CT molecular complexity index is 479. The average molecular weight is 294 g/mol. The van der Waals surface area contributed by atoms with Crippen molar-refractivity contribution in [2.45, 2.75) is 44.6 Å². The Morgan fingerprint density at radius 3 is 2.86 bits per heavy atom. The van der Waals surface area contributed by atoms with Crippen molar-refractivity contribution in [3.8, 4) is 0 Å². The molecule has 2 atom stereocenters. The van der Waals surface area contributed by atoms with E-state index in [1.165, 1.54) is 6.20 Å². The van der Waals surface area contributed by atoms with Crippen LogP contribution < -0.4 is 10.2 Å². The van der Waals surface area contributed by atoms with Crippen molar-refractivity contribution in [1.82, 2.24) is 9.97 Å². The maximum Gasteiger partial charge on any atom is 0.225 e. The molecule has 116 valence electrons. The van der Waals surface area contributed by atoms with Gasteiger partial charge in [0.15, 0.2) is 11.6 Å². The van der Waals surface area contributed by atoms with Crippen molar-refractivity contribution in [1.29, 1.82) is 0 Å². The molecule has 2 N–H and O–H groups in total. The number of hydrogen-bond donors (Lipinski definition) is 2. The number of nitrogens with one attached hydrogen (secondary N) is 1. The van der Waals surface area contributed by atoms with Gasteiger partial charge in [0.1, 0.15) is 0 Å². The van der Waals surface area contributed by atoms with Gasteiger partial charge in [-0.05, 0) is 38.0 Å². The molecule has 1 aliphatic carbocycles. The SMILES string of the molecule is OC[C@@H]1CCC[C@H](Nc2ncc(F)c(N3CCCC3)n2)C1. The second kappa shape index (κ2) is 6.56. The van der Waals surface area contributed by atoms with Crippen molar-refractivity contribution in [2.75, 3.05) is 29.9 Å². The van der Waals surface area contributed by atoms with Crippen molar-refractivity contribution < 1.29 is 9.50 Å². The highest BCUT2D eigenvalue weighted by Gasteiger charge is 2.23. The van der Waals surface area contributed by atoms with Gasteiger partial charge in [-0.1, -0.05) is 6.42 Å². The van der Waals surface area contributed by atoms with E-state index < -0.39 is 0 Å². The predicted octanol–water partition coefficient (Wildman–Crippen LogP) is 2.18. The van der Waals surface area contributed by atoms with Crippen LogP contribution in [0.3, 0.4) is 0 Å². The first-order chi connectivity index (χ1) is 10.3. The molecule has 1 saturated heterocycles. The van der Waals surface area contributed by atoms with Crippen LogP contribution in [0.2, 0.25) is 0 Å². The van der Waals surface area contributed by atoms with Gasteiger partial charge in [0, 0.05) is 25.7 Å². The van der Waals surface area contributed by atoms with Crippen LogP contribution in [0.15, 0.2) is 6.20 Å². The third-order valence-corrected chi connectivity index (χ3v) is 4.51. The van der Waals surface area contributed by atoms with Gasteiger partial charge in [0.05, 0.1) is 6.20 Å². The van der Waals surface area contributed by atoms with Crippen molar-refractivity contribution >= 4 is 11.8 Å². The summed E-state index contributed by atoms with van der Waals surface area (Å²) in [5.41, 5.74) is 0. The Labute approximate surface area is 124 Å². The van der Waals surface area contributed by atoms with Gasteiger partial charge < -0.3 is 15.3 Å². The summed E-state index contributed by atoms with van der Waals surface area (Å²) in [4.78, 5) is 10.4. The molecule has 1 aromatic heterocycles. The third kappa shape index (κ3) is 3.43. The van der Waals surface area contributed by atoms with Gasteiger partial charge in [-0.3, -0.25) is 0 Å². The van der Waals surface area contributed by atoms with Crippen LogP contribution in [0.5, 0.6) is 0 Å². The lowest BCUT2D eigenvalue weighted by atomic mass is 9.86. The highest BCUT2D eigenvalue weighted by molar-refractivity contribution is 5.44. The Hall–Kier alpha value is -1.43. The molecule has 0 bridgehead atoms. The predicted molar refractivity (Wildman–Crippen MR) is 79.9 cm³/mol. The van der Waals surface area contributed by atoms with Gasteiger partial charge in [0.2, 0.25) is 5.95 Å². The van der Waals surface area contributed by atoms with E-state index in [1.807, 2.05) is 4.90 Å². The Morgan fingerprint density at radius 1 is 1.29 bits per heavy atom. The summed E-state index contributed by atoms with van der Waals surface area (Å²) in [6.07, 6.45) is 7.60. The van der Waals surface area contributed by atoms with E-state index in [1.54, 1.807) is 0 Å². The molecule has 0 unspecified atom stereocenters. The summed E-state index contributed by atoms with van der Waals surface area (Å²) in [7, 11) is 0. The van der Waals surface area contributed by atoms with Gasteiger partial charge in [-0.25, -0.2) is 9.37 Å². The average Bonchev–Trinajstić information content (AvgIpc) is 3.03. The maximum atomic E-state index is 13.9. The number of anilines is 2. The molecular formula is C15H23FN4O.